The van der Waals surface area contributed by atoms with Crippen molar-refractivity contribution in [1.29, 1.82) is 0 Å². The number of nitrogens with one attached hydrogen (secondary N) is 1. The highest BCUT2D eigenvalue weighted by molar-refractivity contribution is 7.91. The molecule has 0 saturated heterocycles. The van der Waals surface area contributed by atoms with Crippen molar-refractivity contribution in [1.82, 2.24) is 4.98 Å². The molecule has 6 nitrogen and oxygen atoms in total. The monoisotopic (exact) mass is 434 g/mol. The summed E-state index contributed by atoms with van der Waals surface area (Å²) in [6.45, 7) is 1.93. The zero-order valence-corrected chi connectivity index (χ0v) is 18.0. The van der Waals surface area contributed by atoms with Crippen LogP contribution in [0.5, 0.6) is 5.75 Å². The van der Waals surface area contributed by atoms with Gasteiger partial charge in [0.15, 0.2) is 0 Å². The van der Waals surface area contributed by atoms with E-state index in [1.54, 1.807) is 61.7 Å². The lowest BCUT2D eigenvalue weighted by Crippen LogP contribution is -2.10. The van der Waals surface area contributed by atoms with Crippen LogP contribution in [0.3, 0.4) is 0 Å². The van der Waals surface area contributed by atoms with E-state index in [-0.39, 0.29) is 27.7 Å². The number of ether oxygens (including phenoxy) is 1. The summed E-state index contributed by atoms with van der Waals surface area (Å²) >= 11 is 0. The van der Waals surface area contributed by atoms with Crippen molar-refractivity contribution in [3.05, 3.63) is 90.5 Å². The van der Waals surface area contributed by atoms with Gasteiger partial charge in [-0.3, -0.25) is 0 Å². The number of oxazole rings is 1. The lowest BCUT2D eigenvalue weighted by molar-refractivity contribution is 0.415. The molecule has 0 radical (unpaired) electrons. The van der Waals surface area contributed by atoms with E-state index in [1.165, 1.54) is 0 Å². The summed E-state index contributed by atoms with van der Waals surface area (Å²) in [6.07, 6.45) is 0. The Labute approximate surface area is 181 Å². The minimum Gasteiger partial charge on any atom is -0.497 e. The lowest BCUT2D eigenvalue weighted by atomic mass is 10.1. The summed E-state index contributed by atoms with van der Waals surface area (Å²) in [5, 5.41) is 3.04. The summed E-state index contributed by atoms with van der Waals surface area (Å²) in [6, 6.07) is 24.8. The van der Waals surface area contributed by atoms with Crippen molar-refractivity contribution in [2.24, 2.45) is 0 Å². The average molecular weight is 435 g/mol. The van der Waals surface area contributed by atoms with Crippen molar-refractivity contribution in [3.8, 4) is 17.2 Å². The molecule has 1 N–H and O–H groups in total. The number of rotatable bonds is 7. The molecule has 0 bridgehead atoms. The molecule has 1 unspecified atom stereocenters. The fourth-order valence-corrected chi connectivity index (χ4v) is 4.46. The van der Waals surface area contributed by atoms with Crippen LogP contribution in [-0.2, 0) is 9.84 Å². The number of aromatic nitrogens is 1. The standard InChI is InChI=1S/C24H22N2O4S/c1-17(18-9-5-3-6-10-18)25-23-24(31(27,28)21-11-7-4-8-12-21)26-22(30-23)19-13-15-20(29-2)16-14-19/h3-17,25H,1-2H3. The smallest absolute Gasteiger partial charge is 0.234 e. The highest BCUT2D eigenvalue weighted by Gasteiger charge is 2.29. The molecule has 158 valence electrons. The maximum Gasteiger partial charge on any atom is 0.234 e. The molecule has 1 heterocycles. The Morgan fingerprint density at radius 3 is 2.13 bits per heavy atom. The first-order valence-electron chi connectivity index (χ1n) is 9.76. The van der Waals surface area contributed by atoms with Gasteiger partial charge in [0.25, 0.3) is 0 Å². The molecule has 4 aromatic rings. The fourth-order valence-electron chi connectivity index (χ4n) is 3.17. The minimum absolute atomic E-state index is 0.103. The van der Waals surface area contributed by atoms with E-state index >= 15 is 0 Å². The third kappa shape index (κ3) is 4.32. The normalized spacial score (nSPS) is 12.3. The van der Waals surface area contributed by atoms with Crippen LogP contribution in [0, 0.1) is 0 Å². The van der Waals surface area contributed by atoms with Gasteiger partial charge in [0, 0.05) is 5.56 Å². The van der Waals surface area contributed by atoms with E-state index in [4.69, 9.17) is 9.15 Å². The number of nitrogens with zero attached hydrogens (tertiary/aromatic N) is 1. The molecule has 31 heavy (non-hydrogen) atoms. The van der Waals surface area contributed by atoms with E-state index in [1.807, 2.05) is 37.3 Å². The Bertz CT molecular complexity index is 1250. The number of anilines is 1. The Hall–Kier alpha value is -3.58. The van der Waals surface area contributed by atoms with E-state index in [0.717, 1.165) is 5.56 Å². The maximum atomic E-state index is 13.3. The van der Waals surface area contributed by atoms with Crippen LogP contribution in [0.25, 0.3) is 11.5 Å². The molecule has 0 aliphatic carbocycles. The summed E-state index contributed by atoms with van der Waals surface area (Å²) < 4.78 is 37.8. The van der Waals surface area contributed by atoms with Gasteiger partial charge in [0.2, 0.25) is 26.6 Å². The molecule has 3 aromatic carbocycles. The summed E-state index contributed by atoms with van der Waals surface area (Å²) in [4.78, 5) is 4.53. The number of benzene rings is 3. The third-order valence-corrected chi connectivity index (χ3v) is 6.57. The Morgan fingerprint density at radius 1 is 0.903 bits per heavy atom. The molecule has 7 heteroatoms. The third-order valence-electron chi connectivity index (χ3n) is 4.89. The lowest BCUT2D eigenvalue weighted by Gasteiger charge is -2.14. The van der Waals surface area contributed by atoms with Crippen LogP contribution in [0.15, 0.2) is 99.3 Å². The fraction of sp³-hybridized carbons (Fsp3) is 0.125. The van der Waals surface area contributed by atoms with Gasteiger partial charge in [-0.1, -0.05) is 48.5 Å². The summed E-state index contributed by atoms with van der Waals surface area (Å²) in [5.41, 5.74) is 1.64. The van der Waals surface area contributed by atoms with Crippen LogP contribution >= 0.6 is 0 Å². The largest absolute Gasteiger partial charge is 0.497 e. The minimum atomic E-state index is -3.89. The number of hydrogen-bond donors (Lipinski definition) is 1. The second kappa shape index (κ2) is 8.65. The topological polar surface area (TPSA) is 81.4 Å². The van der Waals surface area contributed by atoms with Gasteiger partial charge in [-0.05, 0) is 48.9 Å². The van der Waals surface area contributed by atoms with Crippen LogP contribution in [0.2, 0.25) is 0 Å². The molecule has 0 saturated carbocycles. The molecule has 0 amide bonds. The van der Waals surface area contributed by atoms with Crippen LogP contribution < -0.4 is 10.1 Å². The molecule has 1 aromatic heterocycles. The summed E-state index contributed by atoms with van der Waals surface area (Å²) in [5.74, 6) is 0.995. The number of hydrogen-bond acceptors (Lipinski definition) is 6. The molecule has 0 fully saturated rings. The van der Waals surface area contributed by atoms with Gasteiger partial charge < -0.3 is 14.5 Å². The zero-order chi connectivity index (χ0) is 21.8. The van der Waals surface area contributed by atoms with E-state index < -0.39 is 9.84 Å². The van der Waals surface area contributed by atoms with Crippen molar-refractivity contribution in [2.75, 3.05) is 12.4 Å². The van der Waals surface area contributed by atoms with Gasteiger partial charge in [-0.2, -0.15) is 4.98 Å². The van der Waals surface area contributed by atoms with Crippen LogP contribution in [-0.4, -0.2) is 20.5 Å². The predicted octanol–water partition coefficient (Wildman–Crippen LogP) is 5.36. The number of methoxy groups -OCH3 is 1. The van der Waals surface area contributed by atoms with E-state index in [0.29, 0.717) is 11.3 Å². The number of sulfone groups is 1. The van der Waals surface area contributed by atoms with Crippen LogP contribution in [0.1, 0.15) is 18.5 Å². The molecule has 0 spiro atoms. The highest BCUT2D eigenvalue weighted by atomic mass is 32.2. The maximum absolute atomic E-state index is 13.3. The van der Waals surface area contributed by atoms with Crippen molar-refractivity contribution in [2.45, 2.75) is 22.9 Å². The second-order valence-corrected chi connectivity index (χ2v) is 8.84. The molecule has 1 atom stereocenters. The SMILES string of the molecule is COc1ccc(-c2nc(S(=O)(=O)c3ccccc3)c(NC(C)c3ccccc3)o2)cc1. The van der Waals surface area contributed by atoms with Crippen molar-refractivity contribution in [3.63, 3.8) is 0 Å². The van der Waals surface area contributed by atoms with Gasteiger partial charge in [0.05, 0.1) is 18.0 Å². The van der Waals surface area contributed by atoms with Gasteiger partial charge in [0.1, 0.15) is 5.75 Å². The molecular formula is C24H22N2O4S. The quantitative estimate of drug-likeness (QED) is 0.422. The van der Waals surface area contributed by atoms with Gasteiger partial charge in [-0.25, -0.2) is 8.42 Å². The van der Waals surface area contributed by atoms with Gasteiger partial charge >= 0.3 is 0 Å². The van der Waals surface area contributed by atoms with E-state index in [2.05, 4.69) is 10.3 Å². The Kier molecular flexibility index (Phi) is 5.77. The van der Waals surface area contributed by atoms with Crippen LogP contribution in [0.4, 0.5) is 5.88 Å². The zero-order valence-electron chi connectivity index (χ0n) is 17.1. The average Bonchev–Trinajstić information content (AvgIpc) is 3.25. The molecule has 0 aliphatic heterocycles. The Morgan fingerprint density at radius 2 is 1.52 bits per heavy atom. The molecular weight excluding hydrogens is 412 g/mol. The van der Waals surface area contributed by atoms with Crippen molar-refractivity contribution < 1.29 is 17.6 Å². The van der Waals surface area contributed by atoms with Gasteiger partial charge in [-0.15, -0.1) is 0 Å². The molecule has 0 aliphatic rings. The Balaban J connectivity index is 1.78. The predicted molar refractivity (Wildman–Crippen MR) is 119 cm³/mol. The molecule has 4 rings (SSSR count). The highest BCUT2D eigenvalue weighted by Crippen LogP contribution is 2.34. The summed E-state index contributed by atoms with van der Waals surface area (Å²) in [7, 11) is -2.31. The van der Waals surface area contributed by atoms with E-state index in [9.17, 15) is 8.42 Å². The second-order valence-electron chi connectivity index (χ2n) is 6.97. The first kappa shape index (κ1) is 20.7. The first-order valence-corrected chi connectivity index (χ1v) is 11.2. The first-order chi connectivity index (χ1) is 15.0. The van der Waals surface area contributed by atoms with Crippen molar-refractivity contribution >= 4 is 15.7 Å².